The van der Waals surface area contributed by atoms with Crippen molar-refractivity contribution in [3.05, 3.63) is 71.3 Å². The van der Waals surface area contributed by atoms with Crippen LogP contribution in [-0.4, -0.2) is 16.7 Å². The Morgan fingerprint density at radius 1 is 0.950 bits per heavy atom. The van der Waals surface area contributed by atoms with E-state index >= 15 is 0 Å². The van der Waals surface area contributed by atoms with Gasteiger partial charge in [-0.05, 0) is 24.0 Å². The van der Waals surface area contributed by atoms with Crippen molar-refractivity contribution in [1.82, 2.24) is 0 Å². The molecule has 0 fully saturated rings. The highest BCUT2D eigenvalue weighted by Gasteiger charge is 2.31. The van der Waals surface area contributed by atoms with Crippen molar-refractivity contribution >= 4 is 11.5 Å². The number of rotatable bonds is 1. The molecule has 3 heteroatoms. The zero-order valence-corrected chi connectivity index (χ0v) is 11.0. The largest absolute Gasteiger partial charge is 0.411 e. The van der Waals surface area contributed by atoms with Crippen molar-refractivity contribution in [2.75, 3.05) is 0 Å². The van der Waals surface area contributed by atoms with E-state index in [4.69, 9.17) is 0 Å². The van der Waals surface area contributed by atoms with Gasteiger partial charge in [0, 0.05) is 5.56 Å². The number of benzene rings is 2. The van der Waals surface area contributed by atoms with Crippen LogP contribution in [0.25, 0.3) is 0 Å². The number of hydrogen-bond acceptors (Lipinski definition) is 3. The number of nitrogens with zero attached hydrogens (tertiary/aromatic N) is 1. The fourth-order valence-corrected chi connectivity index (χ4v) is 2.79. The lowest BCUT2D eigenvalue weighted by Gasteiger charge is -2.15. The molecule has 0 amide bonds. The third-order valence-electron chi connectivity index (χ3n) is 3.79. The van der Waals surface area contributed by atoms with Crippen LogP contribution in [0.15, 0.2) is 59.8 Å². The van der Waals surface area contributed by atoms with Crippen molar-refractivity contribution in [2.24, 2.45) is 5.16 Å². The van der Waals surface area contributed by atoms with Crippen molar-refractivity contribution < 1.29 is 10.0 Å². The molecule has 0 heterocycles. The lowest BCUT2D eigenvalue weighted by molar-refractivity contribution is 0.0981. The van der Waals surface area contributed by atoms with Gasteiger partial charge in [-0.3, -0.25) is 4.79 Å². The Hall–Kier alpha value is -2.42. The second-order valence-electron chi connectivity index (χ2n) is 4.96. The molecular formula is C17H15NO2. The van der Waals surface area contributed by atoms with Gasteiger partial charge in [-0.15, -0.1) is 0 Å². The highest BCUT2D eigenvalue weighted by Crippen LogP contribution is 2.30. The average Bonchev–Trinajstić information content (AvgIpc) is 2.65. The quantitative estimate of drug-likeness (QED) is 0.488. The highest BCUT2D eigenvalue weighted by molar-refractivity contribution is 6.18. The third kappa shape index (κ3) is 2.11. The minimum absolute atomic E-state index is 0.0112. The van der Waals surface area contributed by atoms with Crippen LogP contribution in [0.3, 0.4) is 0 Å². The molecule has 0 spiro atoms. The van der Waals surface area contributed by atoms with Gasteiger partial charge < -0.3 is 5.21 Å². The molecule has 0 aliphatic heterocycles. The van der Waals surface area contributed by atoms with Crippen LogP contribution in [0.2, 0.25) is 0 Å². The predicted molar refractivity (Wildman–Crippen MR) is 77.5 cm³/mol. The maximum absolute atomic E-state index is 12.8. The Bertz CT molecular complexity index is 662. The summed E-state index contributed by atoms with van der Waals surface area (Å²) in [6, 6.07) is 17.1. The van der Waals surface area contributed by atoms with E-state index in [1.54, 1.807) is 0 Å². The van der Waals surface area contributed by atoms with E-state index in [-0.39, 0.29) is 5.78 Å². The van der Waals surface area contributed by atoms with E-state index in [1.165, 1.54) is 0 Å². The predicted octanol–water partition coefficient (Wildman–Crippen LogP) is 3.43. The molecule has 2 aromatic carbocycles. The molecule has 1 atom stereocenters. The van der Waals surface area contributed by atoms with Crippen LogP contribution in [0, 0.1) is 0 Å². The lowest BCUT2D eigenvalue weighted by atomic mass is 9.87. The Morgan fingerprint density at radius 2 is 1.65 bits per heavy atom. The number of carbonyl (C=O) groups is 1. The third-order valence-corrected chi connectivity index (χ3v) is 3.79. The van der Waals surface area contributed by atoms with Gasteiger partial charge in [-0.2, -0.15) is 0 Å². The number of hydrogen-bond donors (Lipinski definition) is 1. The van der Waals surface area contributed by atoms with Crippen molar-refractivity contribution in [3.63, 3.8) is 0 Å². The summed E-state index contributed by atoms with van der Waals surface area (Å²) in [6.45, 7) is 0. The van der Waals surface area contributed by atoms with Gasteiger partial charge in [0.15, 0.2) is 5.78 Å². The molecule has 0 saturated carbocycles. The molecule has 0 saturated heterocycles. The first-order valence-corrected chi connectivity index (χ1v) is 6.69. The van der Waals surface area contributed by atoms with Crippen LogP contribution < -0.4 is 0 Å². The fourth-order valence-electron chi connectivity index (χ4n) is 2.79. The molecule has 100 valence electrons. The van der Waals surface area contributed by atoms with E-state index in [0.29, 0.717) is 12.1 Å². The Labute approximate surface area is 117 Å². The van der Waals surface area contributed by atoms with Crippen molar-refractivity contribution in [1.29, 1.82) is 0 Å². The van der Waals surface area contributed by atoms with Gasteiger partial charge in [0.25, 0.3) is 0 Å². The van der Waals surface area contributed by atoms with E-state index in [2.05, 4.69) is 5.16 Å². The van der Waals surface area contributed by atoms with E-state index < -0.39 is 5.92 Å². The van der Waals surface area contributed by atoms with E-state index in [0.717, 1.165) is 23.1 Å². The van der Waals surface area contributed by atoms with Gasteiger partial charge in [-0.1, -0.05) is 59.8 Å². The molecule has 1 unspecified atom stereocenters. The minimum Gasteiger partial charge on any atom is -0.411 e. The fraction of sp³-hybridized carbons (Fsp3) is 0.176. The standard InChI is InChI=1S/C17H15NO2/c19-17-14-9-5-4-6-12(14)10-11-15(18-20)16(17)13-7-2-1-3-8-13/h1-9,16,20H,10-11H2/b18-15+. The molecule has 20 heavy (non-hydrogen) atoms. The number of aryl methyl sites for hydroxylation is 1. The number of ketones is 1. The van der Waals surface area contributed by atoms with Gasteiger partial charge in [-0.25, -0.2) is 0 Å². The first kappa shape index (κ1) is 12.6. The molecule has 1 aliphatic carbocycles. The van der Waals surface area contributed by atoms with Crippen molar-refractivity contribution in [3.8, 4) is 0 Å². The Balaban J connectivity index is 2.13. The number of oxime groups is 1. The topological polar surface area (TPSA) is 49.7 Å². The second kappa shape index (κ2) is 5.29. The maximum Gasteiger partial charge on any atom is 0.176 e. The number of carbonyl (C=O) groups excluding carboxylic acids is 1. The van der Waals surface area contributed by atoms with Gasteiger partial charge >= 0.3 is 0 Å². The summed E-state index contributed by atoms with van der Waals surface area (Å²) in [5.74, 6) is -0.470. The number of Topliss-reactive ketones (excluding diaryl/α,β-unsaturated/α-hetero) is 1. The smallest absolute Gasteiger partial charge is 0.176 e. The Kier molecular flexibility index (Phi) is 3.33. The SMILES string of the molecule is O=C1c2ccccc2CC/C(=N\O)C1c1ccccc1. The summed E-state index contributed by atoms with van der Waals surface area (Å²) >= 11 is 0. The molecular weight excluding hydrogens is 250 g/mol. The first-order chi connectivity index (χ1) is 9.81. The van der Waals surface area contributed by atoms with Gasteiger partial charge in [0.1, 0.15) is 0 Å². The normalized spacial score (nSPS) is 20.5. The maximum atomic E-state index is 12.8. The molecule has 1 aliphatic rings. The van der Waals surface area contributed by atoms with Crippen LogP contribution in [0.4, 0.5) is 0 Å². The van der Waals surface area contributed by atoms with E-state index in [1.807, 2.05) is 54.6 Å². The summed E-state index contributed by atoms with van der Waals surface area (Å²) in [4.78, 5) is 12.8. The van der Waals surface area contributed by atoms with Crippen LogP contribution in [0.1, 0.15) is 33.8 Å². The summed E-state index contributed by atoms with van der Waals surface area (Å²) in [5, 5.41) is 12.7. The van der Waals surface area contributed by atoms with Crippen LogP contribution in [-0.2, 0) is 6.42 Å². The zero-order chi connectivity index (χ0) is 13.9. The molecule has 3 nitrogen and oxygen atoms in total. The van der Waals surface area contributed by atoms with Gasteiger partial charge in [0.2, 0.25) is 0 Å². The Morgan fingerprint density at radius 3 is 2.40 bits per heavy atom. The molecule has 0 aromatic heterocycles. The van der Waals surface area contributed by atoms with Crippen LogP contribution >= 0.6 is 0 Å². The highest BCUT2D eigenvalue weighted by atomic mass is 16.4. The number of fused-ring (bicyclic) bond motifs is 1. The summed E-state index contributed by atoms with van der Waals surface area (Å²) < 4.78 is 0. The molecule has 1 N–H and O–H groups in total. The summed E-state index contributed by atoms with van der Waals surface area (Å²) in [7, 11) is 0. The minimum atomic E-state index is -0.482. The monoisotopic (exact) mass is 265 g/mol. The summed E-state index contributed by atoms with van der Waals surface area (Å²) in [6.07, 6.45) is 1.32. The van der Waals surface area contributed by atoms with Gasteiger partial charge in [0.05, 0.1) is 11.6 Å². The zero-order valence-electron chi connectivity index (χ0n) is 11.0. The lowest BCUT2D eigenvalue weighted by Crippen LogP contribution is -2.20. The molecule has 0 radical (unpaired) electrons. The molecule has 3 rings (SSSR count). The molecule has 0 bridgehead atoms. The summed E-state index contributed by atoms with van der Waals surface area (Å²) in [5.41, 5.74) is 3.18. The van der Waals surface area contributed by atoms with E-state index in [9.17, 15) is 10.0 Å². The van der Waals surface area contributed by atoms with Crippen LogP contribution in [0.5, 0.6) is 0 Å². The molecule has 2 aromatic rings. The first-order valence-electron chi connectivity index (χ1n) is 6.69. The van der Waals surface area contributed by atoms with Crippen molar-refractivity contribution in [2.45, 2.75) is 18.8 Å². The second-order valence-corrected chi connectivity index (χ2v) is 4.96. The average molecular weight is 265 g/mol.